The number of barbiturate groups is 1. The van der Waals surface area contributed by atoms with Crippen LogP contribution in [0.5, 0.6) is 0 Å². The Morgan fingerprint density at radius 3 is 2.76 bits per heavy atom. The van der Waals surface area contributed by atoms with Crippen LogP contribution in [0.25, 0.3) is 0 Å². The summed E-state index contributed by atoms with van der Waals surface area (Å²) in [5.74, 6) is -0.846. The van der Waals surface area contributed by atoms with Crippen molar-refractivity contribution in [2.75, 3.05) is 0 Å². The SMILES string of the molecule is O=C1NC(=O)C2(CC2)C(=O)N1Cc1cscn1. The van der Waals surface area contributed by atoms with Gasteiger partial charge in [0.2, 0.25) is 11.8 Å². The number of carbonyl (C=O) groups is 3. The average Bonchev–Trinajstić information content (AvgIpc) is 2.95. The molecule has 2 fully saturated rings. The van der Waals surface area contributed by atoms with Crippen molar-refractivity contribution in [3.8, 4) is 0 Å². The van der Waals surface area contributed by atoms with E-state index in [0.717, 1.165) is 4.90 Å². The van der Waals surface area contributed by atoms with Crippen LogP contribution in [0.15, 0.2) is 10.9 Å². The highest BCUT2D eigenvalue weighted by Gasteiger charge is 2.62. The van der Waals surface area contributed by atoms with Gasteiger partial charge >= 0.3 is 6.03 Å². The molecule has 2 heterocycles. The molecule has 3 rings (SSSR count). The molecule has 1 saturated carbocycles. The second-order valence-corrected chi connectivity index (χ2v) is 4.93. The van der Waals surface area contributed by atoms with Crippen molar-refractivity contribution in [3.63, 3.8) is 0 Å². The summed E-state index contributed by atoms with van der Waals surface area (Å²) in [6.07, 6.45) is 1.05. The Hall–Kier alpha value is -1.76. The summed E-state index contributed by atoms with van der Waals surface area (Å²) in [6, 6.07) is -0.648. The summed E-state index contributed by atoms with van der Waals surface area (Å²) in [5, 5.41) is 4.00. The van der Waals surface area contributed by atoms with Crippen molar-refractivity contribution in [1.82, 2.24) is 15.2 Å². The highest BCUT2D eigenvalue weighted by molar-refractivity contribution is 7.07. The fraction of sp³-hybridized carbons (Fsp3) is 0.400. The van der Waals surface area contributed by atoms with E-state index < -0.39 is 17.4 Å². The third kappa shape index (κ3) is 1.46. The quantitative estimate of drug-likeness (QED) is 0.776. The number of nitrogens with one attached hydrogen (secondary N) is 1. The maximum Gasteiger partial charge on any atom is 0.331 e. The van der Waals surface area contributed by atoms with E-state index in [4.69, 9.17) is 0 Å². The highest BCUT2D eigenvalue weighted by atomic mass is 32.1. The largest absolute Gasteiger partial charge is 0.331 e. The van der Waals surface area contributed by atoms with Crippen molar-refractivity contribution in [1.29, 1.82) is 0 Å². The first-order valence-corrected chi connectivity index (χ1v) is 6.12. The third-order valence-electron chi connectivity index (χ3n) is 3.11. The lowest BCUT2D eigenvalue weighted by molar-refractivity contribution is -0.145. The molecular weight excluding hydrogens is 242 g/mol. The van der Waals surface area contributed by atoms with Gasteiger partial charge in [-0.05, 0) is 12.8 Å². The molecule has 0 bridgehead atoms. The second kappa shape index (κ2) is 3.36. The van der Waals surface area contributed by atoms with Crippen molar-refractivity contribution in [2.45, 2.75) is 19.4 Å². The van der Waals surface area contributed by atoms with E-state index in [1.54, 1.807) is 10.9 Å². The van der Waals surface area contributed by atoms with Crippen LogP contribution in [0.2, 0.25) is 0 Å². The summed E-state index contributed by atoms with van der Waals surface area (Å²) in [7, 11) is 0. The Balaban J connectivity index is 1.86. The van der Waals surface area contributed by atoms with Gasteiger partial charge in [-0.15, -0.1) is 11.3 Å². The second-order valence-electron chi connectivity index (χ2n) is 4.21. The Morgan fingerprint density at radius 2 is 2.18 bits per heavy atom. The van der Waals surface area contributed by atoms with Gasteiger partial charge in [-0.1, -0.05) is 0 Å². The van der Waals surface area contributed by atoms with E-state index in [9.17, 15) is 14.4 Å². The van der Waals surface area contributed by atoms with Gasteiger partial charge in [-0.2, -0.15) is 0 Å². The van der Waals surface area contributed by atoms with Gasteiger partial charge < -0.3 is 0 Å². The molecule has 17 heavy (non-hydrogen) atoms. The van der Waals surface area contributed by atoms with Gasteiger partial charge in [0.15, 0.2) is 0 Å². The molecular formula is C10H9N3O3S. The maximum absolute atomic E-state index is 12.1. The van der Waals surface area contributed by atoms with Crippen LogP contribution in [0.4, 0.5) is 4.79 Å². The molecule has 2 aliphatic rings. The fourth-order valence-electron chi connectivity index (χ4n) is 1.92. The van der Waals surface area contributed by atoms with Gasteiger partial charge in [0, 0.05) is 5.38 Å². The molecule has 0 aromatic carbocycles. The van der Waals surface area contributed by atoms with E-state index in [1.807, 2.05) is 0 Å². The number of urea groups is 1. The third-order valence-corrected chi connectivity index (χ3v) is 3.74. The first kappa shape index (κ1) is 10.4. The topological polar surface area (TPSA) is 79.4 Å². The van der Waals surface area contributed by atoms with Crippen LogP contribution in [0, 0.1) is 5.41 Å². The smallest absolute Gasteiger partial charge is 0.277 e. The van der Waals surface area contributed by atoms with E-state index >= 15 is 0 Å². The molecule has 6 nitrogen and oxygen atoms in total. The van der Waals surface area contributed by atoms with Gasteiger partial charge in [-0.3, -0.25) is 19.8 Å². The zero-order chi connectivity index (χ0) is 12.0. The lowest BCUT2D eigenvalue weighted by Gasteiger charge is -2.29. The Bertz CT molecular complexity index is 507. The number of carbonyl (C=O) groups excluding carboxylic acids is 3. The molecule has 1 spiro atoms. The zero-order valence-electron chi connectivity index (χ0n) is 8.80. The number of hydrogen-bond donors (Lipinski definition) is 1. The van der Waals surface area contributed by atoms with Crippen LogP contribution in [-0.2, 0) is 16.1 Å². The van der Waals surface area contributed by atoms with Crippen molar-refractivity contribution < 1.29 is 14.4 Å². The number of imide groups is 2. The maximum atomic E-state index is 12.1. The monoisotopic (exact) mass is 251 g/mol. The Morgan fingerprint density at radius 1 is 1.41 bits per heavy atom. The first-order valence-electron chi connectivity index (χ1n) is 5.18. The van der Waals surface area contributed by atoms with Crippen LogP contribution >= 0.6 is 11.3 Å². The minimum absolute atomic E-state index is 0.128. The number of nitrogens with zero attached hydrogens (tertiary/aromatic N) is 2. The molecule has 88 valence electrons. The van der Waals surface area contributed by atoms with E-state index in [-0.39, 0.29) is 12.5 Å². The number of thiazole rings is 1. The minimum atomic E-state index is -0.968. The predicted molar refractivity (Wildman–Crippen MR) is 57.9 cm³/mol. The van der Waals surface area contributed by atoms with Crippen molar-refractivity contribution >= 4 is 29.2 Å². The number of amides is 4. The summed E-state index contributed by atoms with van der Waals surface area (Å²) < 4.78 is 0. The Kier molecular flexibility index (Phi) is 2.06. The molecule has 1 aliphatic carbocycles. The van der Waals surface area contributed by atoms with Gasteiger partial charge in [0.25, 0.3) is 0 Å². The van der Waals surface area contributed by atoms with Crippen LogP contribution in [0.3, 0.4) is 0 Å². The number of hydrogen-bond acceptors (Lipinski definition) is 5. The molecule has 1 saturated heterocycles. The van der Waals surface area contributed by atoms with E-state index in [1.165, 1.54) is 11.3 Å². The van der Waals surface area contributed by atoms with Gasteiger partial charge in [-0.25, -0.2) is 9.78 Å². The number of aromatic nitrogens is 1. The molecule has 0 unspecified atom stereocenters. The zero-order valence-corrected chi connectivity index (χ0v) is 9.62. The van der Waals surface area contributed by atoms with Crippen LogP contribution in [0.1, 0.15) is 18.5 Å². The fourth-order valence-corrected chi connectivity index (χ4v) is 2.47. The van der Waals surface area contributed by atoms with Gasteiger partial charge in [0.05, 0.1) is 17.7 Å². The first-order chi connectivity index (χ1) is 8.13. The molecule has 1 aromatic rings. The minimum Gasteiger partial charge on any atom is -0.277 e. The van der Waals surface area contributed by atoms with E-state index in [2.05, 4.69) is 10.3 Å². The lowest BCUT2D eigenvalue weighted by atomic mass is 10.0. The molecule has 1 aromatic heterocycles. The van der Waals surface area contributed by atoms with Gasteiger partial charge in [0.1, 0.15) is 5.41 Å². The lowest BCUT2D eigenvalue weighted by Crippen LogP contribution is -2.58. The molecule has 7 heteroatoms. The molecule has 0 radical (unpaired) electrons. The summed E-state index contributed by atoms with van der Waals surface area (Å²) in [6.45, 7) is 0.128. The van der Waals surface area contributed by atoms with E-state index in [0.29, 0.717) is 18.5 Å². The van der Waals surface area contributed by atoms with Crippen molar-refractivity contribution in [3.05, 3.63) is 16.6 Å². The summed E-state index contributed by atoms with van der Waals surface area (Å²) in [5.41, 5.74) is 1.33. The summed E-state index contributed by atoms with van der Waals surface area (Å²) in [4.78, 5) is 40.3. The highest BCUT2D eigenvalue weighted by Crippen LogP contribution is 2.49. The van der Waals surface area contributed by atoms with Crippen molar-refractivity contribution in [2.24, 2.45) is 5.41 Å². The molecule has 1 N–H and O–H groups in total. The number of rotatable bonds is 2. The normalized spacial score (nSPS) is 21.9. The average molecular weight is 251 g/mol. The standard InChI is InChI=1S/C10H9N3O3S/c14-7-10(1-2-10)8(15)13(9(16)12-7)3-6-4-17-5-11-6/h4-5H,1-3H2,(H,12,14,16). The predicted octanol–water partition coefficient (Wildman–Crippen LogP) is 0.502. The molecule has 0 atom stereocenters. The van der Waals surface area contributed by atoms with Crippen LogP contribution in [-0.4, -0.2) is 27.7 Å². The molecule has 4 amide bonds. The van der Waals surface area contributed by atoms with Crippen LogP contribution < -0.4 is 5.32 Å². The Labute approximate surface area is 101 Å². The molecule has 1 aliphatic heterocycles. The summed E-state index contributed by atoms with van der Waals surface area (Å²) >= 11 is 1.40.